The molecule has 0 saturated carbocycles. The Bertz CT molecular complexity index is 466. The van der Waals surface area contributed by atoms with E-state index in [-0.39, 0.29) is 12.5 Å². The summed E-state index contributed by atoms with van der Waals surface area (Å²) in [6.07, 6.45) is 1.42. The second-order valence-corrected chi connectivity index (χ2v) is 5.38. The largest absolute Gasteiger partial charge is 0.534 e. The second-order valence-electron chi connectivity index (χ2n) is 5.38. The molecule has 2 heterocycles. The number of oxazole rings is 1. The average molecular weight is 267 g/mol. The third-order valence-corrected chi connectivity index (χ3v) is 3.46. The van der Waals surface area contributed by atoms with Gasteiger partial charge in [0, 0.05) is 0 Å². The zero-order valence-electron chi connectivity index (χ0n) is 11.9. The summed E-state index contributed by atoms with van der Waals surface area (Å²) in [5.74, 6) is -0.683. The van der Waals surface area contributed by atoms with Crippen molar-refractivity contribution in [3.8, 4) is 0 Å². The van der Waals surface area contributed by atoms with E-state index in [1.807, 2.05) is 27.7 Å². The number of esters is 1. The fourth-order valence-electron chi connectivity index (χ4n) is 1.64. The van der Waals surface area contributed by atoms with E-state index in [4.69, 9.17) is 18.5 Å². The summed E-state index contributed by atoms with van der Waals surface area (Å²) in [6.45, 7) is 9.75. The highest BCUT2D eigenvalue weighted by Gasteiger charge is 2.53. The highest BCUT2D eigenvalue weighted by Crippen LogP contribution is 2.36. The molecule has 0 atom stereocenters. The molecule has 0 unspecified atom stereocenters. The Morgan fingerprint density at radius 1 is 1.32 bits per heavy atom. The van der Waals surface area contributed by atoms with Crippen molar-refractivity contribution in [3.05, 3.63) is 12.1 Å². The highest BCUT2D eigenvalue weighted by molar-refractivity contribution is 6.60. The van der Waals surface area contributed by atoms with Crippen LogP contribution < -0.4 is 5.66 Å². The summed E-state index contributed by atoms with van der Waals surface area (Å²) >= 11 is 0. The van der Waals surface area contributed by atoms with Crippen LogP contribution in [0, 0.1) is 0 Å². The molecule has 1 saturated heterocycles. The summed E-state index contributed by atoms with van der Waals surface area (Å²) in [5, 5.41) is 0. The van der Waals surface area contributed by atoms with Gasteiger partial charge in [-0.05, 0) is 34.6 Å². The van der Waals surface area contributed by atoms with Gasteiger partial charge >= 0.3 is 19.0 Å². The lowest BCUT2D eigenvalue weighted by Crippen LogP contribution is -2.41. The van der Waals surface area contributed by atoms with Gasteiger partial charge in [0.2, 0.25) is 0 Å². The number of rotatable bonds is 3. The van der Waals surface area contributed by atoms with Crippen LogP contribution in [0.2, 0.25) is 0 Å². The van der Waals surface area contributed by atoms with Crippen LogP contribution in [0.3, 0.4) is 0 Å². The lowest BCUT2D eigenvalue weighted by molar-refractivity contribution is 0.00578. The number of hydrogen-bond donors (Lipinski definition) is 0. The van der Waals surface area contributed by atoms with Gasteiger partial charge in [0.25, 0.3) is 0 Å². The molecule has 7 heteroatoms. The molecule has 1 aliphatic heterocycles. The van der Waals surface area contributed by atoms with Crippen LogP contribution >= 0.6 is 0 Å². The molecular weight excluding hydrogens is 249 g/mol. The maximum absolute atomic E-state index is 11.5. The van der Waals surface area contributed by atoms with Gasteiger partial charge < -0.3 is 18.5 Å². The van der Waals surface area contributed by atoms with Crippen molar-refractivity contribution in [3.63, 3.8) is 0 Å². The van der Waals surface area contributed by atoms with E-state index >= 15 is 0 Å². The lowest BCUT2D eigenvalue weighted by Gasteiger charge is -2.32. The van der Waals surface area contributed by atoms with Crippen molar-refractivity contribution in [1.82, 2.24) is 4.98 Å². The number of carbonyl (C=O) groups is 1. The third kappa shape index (κ3) is 2.53. The molecule has 0 amide bonds. The quantitative estimate of drug-likeness (QED) is 0.604. The van der Waals surface area contributed by atoms with Crippen molar-refractivity contribution >= 4 is 18.7 Å². The van der Waals surface area contributed by atoms with Crippen LogP contribution in [-0.2, 0) is 14.0 Å². The predicted octanol–water partition coefficient (Wildman–Crippen LogP) is 1.15. The standard InChI is InChI=1S/C12H18BNO5/c1-6-16-10(15)9-14-7-8(17-9)13-18-11(2,3)12(4,5)19-13/h7H,6H2,1-5H3. The van der Waals surface area contributed by atoms with Crippen LogP contribution in [0.15, 0.2) is 10.6 Å². The summed E-state index contributed by atoms with van der Waals surface area (Å²) in [5.41, 5.74) is -0.565. The molecule has 104 valence electrons. The first-order chi connectivity index (χ1) is 8.77. The van der Waals surface area contributed by atoms with Crippen LogP contribution in [0.25, 0.3) is 0 Å². The van der Waals surface area contributed by atoms with Gasteiger partial charge in [-0.3, -0.25) is 0 Å². The topological polar surface area (TPSA) is 70.8 Å². The van der Waals surface area contributed by atoms with Crippen molar-refractivity contribution in [2.45, 2.75) is 45.8 Å². The Morgan fingerprint density at radius 2 is 1.89 bits per heavy atom. The van der Waals surface area contributed by atoms with E-state index in [0.29, 0.717) is 5.66 Å². The number of carbonyl (C=O) groups excluding carboxylic acids is 1. The fourth-order valence-corrected chi connectivity index (χ4v) is 1.64. The average Bonchev–Trinajstić information content (AvgIpc) is 2.83. The van der Waals surface area contributed by atoms with Crippen LogP contribution in [-0.4, -0.2) is 35.9 Å². The Morgan fingerprint density at radius 3 is 2.42 bits per heavy atom. The smallest absolute Gasteiger partial charge is 0.459 e. The third-order valence-electron chi connectivity index (χ3n) is 3.46. The minimum atomic E-state index is -0.666. The van der Waals surface area contributed by atoms with Crippen molar-refractivity contribution in [1.29, 1.82) is 0 Å². The zero-order chi connectivity index (χ0) is 14.3. The van der Waals surface area contributed by atoms with E-state index in [0.717, 1.165) is 0 Å². The molecule has 19 heavy (non-hydrogen) atoms. The summed E-state index contributed by atoms with van der Waals surface area (Å²) < 4.78 is 21.7. The molecule has 0 radical (unpaired) electrons. The maximum atomic E-state index is 11.5. The van der Waals surface area contributed by atoms with Gasteiger partial charge in [0.15, 0.2) is 5.66 Å². The van der Waals surface area contributed by atoms with Crippen LogP contribution in [0.5, 0.6) is 0 Å². The fraction of sp³-hybridized carbons (Fsp3) is 0.667. The SMILES string of the molecule is CCOC(=O)c1ncc(B2OC(C)(C)C(C)(C)O2)o1. The minimum absolute atomic E-state index is 0.0911. The van der Waals surface area contributed by atoms with E-state index in [9.17, 15) is 4.79 Å². The van der Waals surface area contributed by atoms with Gasteiger partial charge in [-0.15, -0.1) is 0 Å². The molecule has 1 aromatic heterocycles. The molecule has 1 aliphatic rings. The number of ether oxygens (including phenoxy) is 1. The summed E-state index contributed by atoms with van der Waals surface area (Å²) in [4.78, 5) is 15.3. The maximum Gasteiger partial charge on any atom is 0.534 e. The van der Waals surface area contributed by atoms with Gasteiger partial charge in [-0.25, -0.2) is 9.78 Å². The van der Waals surface area contributed by atoms with E-state index in [1.165, 1.54) is 6.20 Å². The molecule has 0 N–H and O–H groups in total. The van der Waals surface area contributed by atoms with Crippen LogP contribution in [0.1, 0.15) is 45.3 Å². The second kappa shape index (κ2) is 4.65. The lowest BCUT2D eigenvalue weighted by atomic mass is 9.87. The van der Waals surface area contributed by atoms with Gasteiger partial charge in [0.1, 0.15) is 0 Å². The van der Waals surface area contributed by atoms with Crippen molar-refractivity contribution in [2.24, 2.45) is 0 Å². The van der Waals surface area contributed by atoms with E-state index < -0.39 is 24.3 Å². The molecule has 1 fully saturated rings. The van der Waals surface area contributed by atoms with Crippen molar-refractivity contribution in [2.75, 3.05) is 6.61 Å². The predicted molar refractivity (Wildman–Crippen MR) is 68.2 cm³/mol. The van der Waals surface area contributed by atoms with Gasteiger partial charge in [-0.1, -0.05) is 0 Å². The Labute approximate surface area is 112 Å². The number of aromatic nitrogens is 1. The normalized spacial score (nSPS) is 20.6. The number of nitrogens with zero attached hydrogens (tertiary/aromatic N) is 1. The van der Waals surface area contributed by atoms with E-state index in [1.54, 1.807) is 6.92 Å². The van der Waals surface area contributed by atoms with Crippen molar-refractivity contribution < 1.29 is 23.3 Å². The molecule has 0 spiro atoms. The van der Waals surface area contributed by atoms with Crippen LogP contribution in [0.4, 0.5) is 0 Å². The monoisotopic (exact) mass is 267 g/mol. The van der Waals surface area contributed by atoms with Gasteiger partial charge in [-0.2, -0.15) is 0 Å². The molecule has 0 bridgehead atoms. The summed E-state index contributed by atoms with van der Waals surface area (Å²) in [7, 11) is -0.666. The highest BCUT2D eigenvalue weighted by atomic mass is 16.7. The molecular formula is C12H18BNO5. The Balaban J connectivity index is 2.15. The molecule has 1 aromatic rings. The first-order valence-electron chi connectivity index (χ1n) is 6.25. The molecule has 0 aliphatic carbocycles. The zero-order valence-corrected chi connectivity index (χ0v) is 11.9. The molecule has 2 rings (SSSR count). The number of hydrogen-bond acceptors (Lipinski definition) is 6. The minimum Gasteiger partial charge on any atom is -0.459 e. The van der Waals surface area contributed by atoms with Gasteiger partial charge in [0.05, 0.1) is 24.0 Å². The first kappa shape index (κ1) is 14.1. The Kier molecular flexibility index (Phi) is 3.44. The molecule has 0 aromatic carbocycles. The Hall–Kier alpha value is -1.34. The van der Waals surface area contributed by atoms with E-state index in [2.05, 4.69) is 4.98 Å². The molecule has 6 nitrogen and oxygen atoms in total. The summed E-state index contributed by atoms with van der Waals surface area (Å²) in [6, 6.07) is 0. The first-order valence-corrected chi connectivity index (χ1v) is 6.25.